The molecule has 0 aromatic heterocycles. The number of nitrogens with one attached hydrogen (secondary N) is 1. The fraction of sp³-hybridized carbons (Fsp3) is 0.625. The van der Waals surface area contributed by atoms with Crippen LogP contribution < -0.4 is 5.32 Å². The van der Waals surface area contributed by atoms with Gasteiger partial charge in [-0.1, -0.05) is 22.9 Å². The Morgan fingerprint density at radius 1 is 1.40 bits per heavy atom. The van der Waals surface area contributed by atoms with E-state index < -0.39 is 0 Å². The molecule has 112 valence electrons. The van der Waals surface area contributed by atoms with Gasteiger partial charge in [0.15, 0.2) is 0 Å². The largest absolute Gasteiger partial charge is 0.316 e. The molecule has 0 aliphatic carbocycles. The van der Waals surface area contributed by atoms with E-state index >= 15 is 0 Å². The number of rotatable bonds is 6. The van der Waals surface area contributed by atoms with Crippen LogP contribution in [0.25, 0.3) is 0 Å². The molecule has 0 amide bonds. The van der Waals surface area contributed by atoms with E-state index in [1.54, 1.807) is 6.07 Å². The van der Waals surface area contributed by atoms with E-state index in [4.69, 9.17) is 0 Å². The summed E-state index contributed by atoms with van der Waals surface area (Å²) in [7, 11) is 0. The molecule has 0 bridgehead atoms. The molecule has 20 heavy (non-hydrogen) atoms. The van der Waals surface area contributed by atoms with E-state index in [-0.39, 0.29) is 5.82 Å². The number of piperidine rings is 1. The molecule has 1 aromatic rings. The Balaban J connectivity index is 1.96. The van der Waals surface area contributed by atoms with E-state index in [1.165, 1.54) is 18.9 Å². The molecule has 2 rings (SSSR count). The molecule has 1 saturated heterocycles. The molecule has 0 spiro atoms. The molecule has 2 nitrogen and oxygen atoms in total. The Morgan fingerprint density at radius 2 is 2.25 bits per heavy atom. The second-order valence-corrected chi connectivity index (χ2v) is 6.64. The number of hydrogen-bond acceptors (Lipinski definition) is 2. The lowest BCUT2D eigenvalue weighted by Crippen LogP contribution is -2.38. The summed E-state index contributed by atoms with van der Waals surface area (Å²) in [5.74, 6) is 0.567. The summed E-state index contributed by atoms with van der Waals surface area (Å²) in [6.45, 7) is 7.49. The lowest BCUT2D eigenvalue weighted by atomic mass is 9.98. The Labute approximate surface area is 129 Å². The van der Waals surface area contributed by atoms with Crippen molar-refractivity contribution in [1.82, 2.24) is 10.2 Å². The van der Waals surface area contributed by atoms with Crippen molar-refractivity contribution < 1.29 is 4.39 Å². The van der Waals surface area contributed by atoms with Crippen molar-refractivity contribution in [2.45, 2.75) is 32.7 Å². The minimum atomic E-state index is -0.162. The maximum absolute atomic E-state index is 13.5. The summed E-state index contributed by atoms with van der Waals surface area (Å²) in [6.07, 6.45) is 3.72. The highest BCUT2D eigenvalue weighted by Gasteiger charge is 2.17. The first-order chi connectivity index (χ1) is 9.67. The average molecular weight is 343 g/mol. The van der Waals surface area contributed by atoms with Crippen molar-refractivity contribution in [1.29, 1.82) is 0 Å². The molecule has 1 fully saturated rings. The standard InChI is InChI=1S/C16H24BrFN2/c1-2-6-20(11-13-4-3-5-19-10-13)12-14-7-15(17)9-16(18)8-14/h7-9,13,19H,2-6,10-12H2,1H3. The van der Waals surface area contributed by atoms with Crippen LogP contribution in [-0.4, -0.2) is 31.1 Å². The predicted molar refractivity (Wildman–Crippen MR) is 85.3 cm³/mol. The van der Waals surface area contributed by atoms with Gasteiger partial charge in [-0.2, -0.15) is 0 Å². The van der Waals surface area contributed by atoms with Gasteiger partial charge in [-0.15, -0.1) is 0 Å². The fourth-order valence-corrected chi connectivity index (χ4v) is 3.47. The first kappa shape index (κ1) is 15.9. The third-order valence-corrected chi connectivity index (χ3v) is 4.24. The van der Waals surface area contributed by atoms with Gasteiger partial charge in [0, 0.05) is 17.6 Å². The maximum atomic E-state index is 13.5. The van der Waals surface area contributed by atoms with Gasteiger partial charge in [-0.25, -0.2) is 4.39 Å². The zero-order valence-electron chi connectivity index (χ0n) is 12.2. The highest BCUT2D eigenvalue weighted by molar-refractivity contribution is 9.10. The maximum Gasteiger partial charge on any atom is 0.124 e. The van der Waals surface area contributed by atoms with E-state index in [2.05, 4.69) is 33.1 Å². The zero-order chi connectivity index (χ0) is 14.4. The first-order valence-electron chi connectivity index (χ1n) is 7.55. The lowest BCUT2D eigenvalue weighted by Gasteiger charge is -2.30. The van der Waals surface area contributed by atoms with Gasteiger partial charge in [0.25, 0.3) is 0 Å². The zero-order valence-corrected chi connectivity index (χ0v) is 13.8. The quantitative estimate of drug-likeness (QED) is 0.845. The summed E-state index contributed by atoms with van der Waals surface area (Å²) in [4.78, 5) is 2.46. The number of halogens is 2. The average Bonchev–Trinajstić information content (AvgIpc) is 2.39. The molecule has 1 aliphatic rings. The summed E-state index contributed by atoms with van der Waals surface area (Å²) in [5.41, 5.74) is 1.05. The predicted octanol–water partition coefficient (Wildman–Crippen LogP) is 3.80. The van der Waals surface area contributed by atoms with Crippen molar-refractivity contribution in [3.8, 4) is 0 Å². The SMILES string of the molecule is CCCN(Cc1cc(F)cc(Br)c1)CC1CCCNC1. The van der Waals surface area contributed by atoms with Crippen LogP contribution in [0.4, 0.5) is 4.39 Å². The highest BCUT2D eigenvalue weighted by Crippen LogP contribution is 2.18. The molecule has 1 aromatic carbocycles. The Bertz CT molecular complexity index is 399. The number of nitrogens with zero attached hydrogens (tertiary/aromatic N) is 1. The van der Waals surface area contributed by atoms with Crippen LogP contribution in [0.5, 0.6) is 0 Å². The van der Waals surface area contributed by atoms with E-state index in [0.717, 1.165) is 55.1 Å². The van der Waals surface area contributed by atoms with Gasteiger partial charge in [0.2, 0.25) is 0 Å². The van der Waals surface area contributed by atoms with Crippen LogP contribution in [0.15, 0.2) is 22.7 Å². The summed E-state index contributed by atoms with van der Waals surface area (Å²) >= 11 is 3.37. The lowest BCUT2D eigenvalue weighted by molar-refractivity contribution is 0.201. The summed E-state index contributed by atoms with van der Waals surface area (Å²) < 4.78 is 14.3. The topological polar surface area (TPSA) is 15.3 Å². The van der Waals surface area contributed by atoms with E-state index in [1.807, 2.05) is 6.07 Å². The van der Waals surface area contributed by atoms with Gasteiger partial charge >= 0.3 is 0 Å². The molecule has 1 N–H and O–H groups in total. The molecule has 0 saturated carbocycles. The molecular formula is C16H24BrFN2. The van der Waals surface area contributed by atoms with Crippen molar-refractivity contribution in [2.24, 2.45) is 5.92 Å². The van der Waals surface area contributed by atoms with Crippen molar-refractivity contribution in [3.63, 3.8) is 0 Å². The fourth-order valence-electron chi connectivity index (χ4n) is 2.96. The molecule has 1 unspecified atom stereocenters. The van der Waals surface area contributed by atoms with Gasteiger partial charge < -0.3 is 5.32 Å². The van der Waals surface area contributed by atoms with Crippen LogP contribution in [0.1, 0.15) is 31.7 Å². The highest BCUT2D eigenvalue weighted by atomic mass is 79.9. The number of hydrogen-bond donors (Lipinski definition) is 1. The molecule has 1 atom stereocenters. The van der Waals surface area contributed by atoms with E-state index in [9.17, 15) is 4.39 Å². The van der Waals surface area contributed by atoms with Gasteiger partial charge in [-0.3, -0.25) is 4.90 Å². The molecule has 0 radical (unpaired) electrons. The van der Waals surface area contributed by atoms with Gasteiger partial charge in [0.1, 0.15) is 5.82 Å². The minimum absolute atomic E-state index is 0.162. The number of benzene rings is 1. The van der Waals surface area contributed by atoms with Gasteiger partial charge in [-0.05, 0) is 68.6 Å². The Kier molecular flexibility index (Phi) is 6.46. The summed E-state index contributed by atoms with van der Waals surface area (Å²) in [6, 6.07) is 5.18. The molecule has 4 heteroatoms. The Morgan fingerprint density at radius 3 is 2.90 bits per heavy atom. The second kappa shape index (κ2) is 8.11. The van der Waals surface area contributed by atoms with Crippen molar-refractivity contribution >= 4 is 15.9 Å². The van der Waals surface area contributed by atoms with Crippen molar-refractivity contribution in [3.05, 3.63) is 34.1 Å². The molecular weight excluding hydrogens is 319 g/mol. The monoisotopic (exact) mass is 342 g/mol. The summed E-state index contributed by atoms with van der Waals surface area (Å²) in [5, 5.41) is 3.47. The van der Waals surface area contributed by atoms with Crippen LogP contribution in [0, 0.1) is 11.7 Å². The van der Waals surface area contributed by atoms with Crippen LogP contribution in [-0.2, 0) is 6.54 Å². The smallest absolute Gasteiger partial charge is 0.124 e. The minimum Gasteiger partial charge on any atom is -0.316 e. The third-order valence-electron chi connectivity index (χ3n) is 3.78. The molecule has 1 heterocycles. The van der Waals surface area contributed by atoms with E-state index in [0.29, 0.717) is 0 Å². The normalized spacial score (nSPS) is 19.5. The van der Waals surface area contributed by atoms with Crippen LogP contribution in [0.2, 0.25) is 0 Å². The third kappa shape index (κ3) is 5.15. The van der Waals surface area contributed by atoms with Crippen molar-refractivity contribution in [2.75, 3.05) is 26.2 Å². The first-order valence-corrected chi connectivity index (χ1v) is 8.34. The van der Waals surface area contributed by atoms with Crippen LogP contribution in [0.3, 0.4) is 0 Å². The molecule has 1 aliphatic heterocycles. The van der Waals surface area contributed by atoms with Crippen LogP contribution >= 0.6 is 15.9 Å². The second-order valence-electron chi connectivity index (χ2n) is 5.73. The Hall–Kier alpha value is -0.450. The van der Waals surface area contributed by atoms with Gasteiger partial charge in [0.05, 0.1) is 0 Å².